The molecule has 7 heteroatoms. The first-order valence-corrected chi connectivity index (χ1v) is 6.55. The summed E-state index contributed by atoms with van der Waals surface area (Å²) in [7, 11) is 0. The normalized spacial score (nSPS) is 12.7. The van der Waals surface area contributed by atoms with Crippen molar-refractivity contribution in [2.75, 3.05) is 6.54 Å². The number of nitrogens with zero attached hydrogens (tertiary/aromatic N) is 3. The van der Waals surface area contributed by atoms with E-state index in [9.17, 15) is 0 Å². The molecule has 0 aliphatic carbocycles. The molecule has 0 aromatic carbocycles. The lowest BCUT2D eigenvalue weighted by molar-refractivity contribution is 0.361. The Morgan fingerprint density at radius 3 is 2.88 bits per heavy atom. The fourth-order valence-electron chi connectivity index (χ4n) is 1.21. The molecule has 1 atom stereocenters. The first-order chi connectivity index (χ1) is 8.11. The van der Waals surface area contributed by atoms with Crippen LogP contribution >= 0.6 is 31.9 Å². The lowest BCUT2D eigenvalue weighted by Gasteiger charge is -1.99. The SMILES string of the molecule is CC(CN)c1nc(-c2ncc(Br)cc2Br)no1. The van der Waals surface area contributed by atoms with Crippen LogP contribution in [0.4, 0.5) is 0 Å². The maximum atomic E-state index is 5.54. The van der Waals surface area contributed by atoms with E-state index < -0.39 is 0 Å². The number of aromatic nitrogens is 3. The molecule has 0 fully saturated rings. The molecule has 0 saturated heterocycles. The van der Waals surface area contributed by atoms with E-state index in [1.807, 2.05) is 13.0 Å². The van der Waals surface area contributed by atoms with Crippen LogP contribution in [-0.4, -0.2) is 21.7 Å². The van der Waals surface area contributed by atoms with Gasteiger partial charge >= 0.3 is 0 Å². The second-order valence-electron chi connectivity index (χ2n) is 3.58. The molecular formula is C10H10Br2N4O. The van der Waals surface area contributed by atoms with Crippen molar-refractivity contribution in [1.82, 2.24) is 15.1 Å². The number of halogens is 2. The number of pyridine rings is 1. The van der Waals surface area contributed by atoms with Crippen LogP contribution in [0.1, 0.15) is 18.7 Å². The van der Waals surface area contributed by atoms with Crippen LogP contribution in [0, 0.1) is 0 Å². The van der Waals surface area contributed by atoms with Gasteiger partial charge < -0.3 is 10.3 Å². The van der Waals surface area contributed by atoms with Crippen LogP contribution < -0.4 is 5.73 Å². The van der Waals surface area contributed by atoms with E-state index in [2.05, 4.69) is 47.0 Å². The van der Waals surface area contributed by atoms with Gasteiger partial charge in [0.25, 0.3) is 0 Å². The molecule has 2 heterocycles. The standard InChI is InChI=1S/C10H10Br2N4O/c1-5(3-13)10-15-9(16-17-10)8-7(12)2-6(11)4-14-8/h2,4-5H,3,13H2,1H3. The molecule has 0 saturated carbocycles. The summed E-state index contributed by atoms with van der Waals surface area (Å²) in [5.74, 6) is 1.03. The summed E-state index contributed by atoms with van der Waals surface area (Å²) in [4.78, 5) is 8.51. The highest BCUT2D eigenvalue weighted by molar-refractivity contribution is 9.11. The predicted molar refractivity (Wildman–Crippen MR) is 70.4 cm³/mol. The molecule has 0 spiro atoms. The topological polar surface area (TPSA) is 77.8 Å². The van der Waals surface area contributed by atoms with Crippen molar-refractivity contribution in [2.45, 2.75) is 12.8 Å². The fourth-order valence-corrected chi connectivity index (χ4v) is 2.38. The van der Waals surface area contributed by atoms with Crippen molar-refractivity contribution in [3.05, 3.63) is 27.1 Å². The zero-order chi connectivity index (χ0) is 12.4. The molecule has 2 rings (SSSR count). The average Bonchev–Trinajstić information content (AvgIpc) is 2.77. The Morgan fingerprint density at radius 2 is 2.24 bits per heavy atom. The van der Waals surface area contributed by atoms with Gasteiger partial charge in [-0.1, -0.05) is 12.1 Å². The Balaban J connectivity index is 2.37. The fraction of sp³-hybridized carbons (Fsp3) is 0.300. The summed E-state index contributed by atoms with van der Waals surface area (Å²) in [6, 6.07) is 1.88. The smallest absolute Gasteiger partial charge is 0.231 e. The van der Waals surface area contributed by atoms with E-state index in [0.717, 1.165) is 8.95 Å². The van der Waals surface area contributed by atoms with Gasteiger partial charge in [0, 0.05) is 27.6 Å². The van der Waals surface area contributed by atoms with E-state index in [0.29, 0.717) is 24.0 Å². The Kier molecular flexibility index (Phi) is 3.90. The monoisotopic (exact) mass is 360 g/mol. The zero-order valence-electron chi connectivity index (χ0n) is 9.02. The molecule has 2 N–H and O–H groups in total. The summed E-state index contributed by atoms with van der Waals surface area (Å²) < 4.78 is 6.83. The van der Waals surface area contributed by atoms with Crippen molar-refractivity contribution < 1.29 is 4.52 Å². The van der Waals surface area contributed by atoms with Crippen molar-refractivity contribution in [3.63, 3.8) is 0 Å². The van der Waals surface area contributed by atoms with Gasteiger partial charge in [0.2, 0.25) is 11.7 Å². The molecular weight excluding hydrogens is 352 g/mol. The van der Waals surface area contributed by atoms with Crippen molar-refractivity contribution in [3.8, 4) is 11.5 Å². The number of nitrogens with two attached hydrogens (primary N) is 1. The Morgan fingerprint density at radius 1 is 1.47 bits per heavy atom. The van der Waals surface area contributed by atoms with Gasteiger partial charge in [-0.05, 0) is 37.9 Å². The Bertz CT molecular complexity index is 529. The van der Waals surface area contributed by atoms with E-state index in [1.54, 1.807) is 6.20 Å². The molecule has 0 bridgehead atoms. The van der Waals surface area contributed by atoms with Crippen LogP contribution in [0.25, 0.3) is 11.5 Å². The zero-order valence-corrected chi connectivity index (χ0v) is 12.2. The van der Waals surface area contributed by atoms with E-state index in [4.69, 9.17) is 10.3 Å². The predicted octanol–water partition coefficient (Wildman–Crippen LogP) is 2.72. The largest absolute Gasteiger partial charge is 0.339 e. The van der Waals surface area contributed by atoms with Gasteiger partial charge in [-0.25, -0.2) is 0 Å². The number of hydrogen-bond donors (Lipinski definition) is 1. The molecule has 0 amide bonds. The number of hydrogen-bond acceptors (Lipinski definition) is 5. The maximum Gasteiger partial charge on any atom is 0.231 e. The highest BCUT2D eigenvalue weighted by atomic mass is 79.9. The van der Waals surface area contributed by atoms with Gasteiger partial charge in [0.05, 0.1) is 0 Å². The van der Waals surface area contributed by atoms with E-state index >= 15 is 0 Å². The van der Waals surface area contributed by atoms with Gasteiger partial charge in [0.1, 0.15) is 5.69 Å². The second-order valence-corrected chi connectivity index (χ2v) is 5.35. The minimum absolute atomic E-state index is 0.0467. The van der Waals surface area contributed by atoms with Crippen LogP contribution in [0.3, 0.4) is 0 Å². The third-order valence-corrected chi connectivity index (χ3v) is 3.27. The summed E-state index contributed by atoms with van der Waals surface area (Å²) >= 11 is 6.74. The van der Waals surface area contributed by atoms with Crippen LogP contribution in [0.15, 0.2) is 25.7 Å². The quantitative estimate of drug-likeness (QED) is 0.909. The molecule has 17 heavy (non-hydrogen) atoms. The summed E-state index contributed by atoms with van der Waals surface area (Å²) in [6.45, 7) is 2.40. The van der Waals surface area contributed by atoms with Gasteiger partial charge in [-0.3, -0.25) is 4.98 Å². The highest BCUT2D eigenvalue weighted by Gasteiger charge is 2.16. The summed E-state index contributed by atoms with van der Waals surface area (Å²) in [5.41, 5.74) is 6.19. The number of rotatable bonds is 3. The second kappa shape index (κ2) is 5.24. The van der Waals surface area contributed by atoms with Gasteiger partial charge in [0.15, 0.2) is 0 Å². The molecule has 0 aliphatic heterocycles. The molecule has 2 aromatic heterocycles. The maximum absolute atomic E-state index is 5.54. The van der Waals surface area contributed by atoms with E-state index in [-0.39, 0.29) is 5.92 Å². The van der Waals surface area contributed by atoms with Gasteiger partial charge in [-0.15, -0.1) is 0 Å². The summed E-state index contributed by atoms with van der Waals surface area (Å²) in [6.07, 6.45) is 1.68. The molecule has 2 aromatic rings. The molecule has 5 nitrogen and oxygen atoms in total. The minimum atomic E-state index is 0.0467. The highest BCUT2D eigenvalue weighted by Crippen LogP contribution is 2.27. The molecule has 90 valence electrons. The van der Waals surface area contributed by atoms with Crippen molar-refractivity contribution >= 4 is 31.9 Å². The first kappa shape index (κ1) is 12.7. The third-order valence-electron chi connectivity index (χ3n) is 2.24. The molecule has 0 radical (unpaired) electrons. The molecule has 0 aliphatic rings. The van der Waals surface area contributed by atoms with Crippen LogP contribution in [-0.2, 0) is 0 Å². The average molecular weight is 362 g/mol. The van der Waals surface area contributed by atoms with Crippen molar-refractivity contribution in [1.29, 1.82) is 0 Å². The Hall–Kier alpha value is -0.790. The Labute approximate surface area is 115 Å². The van der Waals surface area contributed by atoms with Gasteiger partial charge in [-0.2, -0.15) is 4.98 Å². The van der Waals surface area contributed by atoms with E-state index in [1.165, 1.54) is 0 Å². The lowest BCUT2D eigenvalue weighted by Crippen LogP contribution is -2.09. The first-order valence-electron chi connectivity index (χ1n) is 4.97. The van der Waals surface area contributed by atoms with Crippen molar-refractivity contribution in [2.24, 2.45) is 5.73 Å². The third kappa shape index (κ3) is 2.72. The lowest BCUT2D eigenvalue weighted by atomic mass is 10.2. The van der Waals surface area contributed by atoms with Crippen LogP contribution in [0.2, 0.25) is 0 Å². The minimum Gasteiger partial charge on any atom is -0.339 e. The summed E-state index contributed by atoms with van der Waals surface area (Å²) in [5, 5.41) is 3.90. The van der Waals surface area contributed by atoms with Crippen LogP contribution in [0.5, 0.6) is 0 Å². The molecule has 1 unspecified atom stereocenters.